The van der Waals surface area contributed by atoms with E-state index in [9.17, 15) is 13.2 Å². The molecule has 0 saturated carbocycles. The molecule has 0 aliphatic carbocycles. The first-order valence-corrected chi connectivity index (χ1v) is 10.3. The van der Waals surface area contributed by atoms with Gasteiger partial charge in [0.05, 0.1) is 16.5 Å². The Bertz CT molecular complexity index is 882. The number of esters is 1. The SMILES string of the molecule is Cc1cccc(OCCOC(=O)CCNS(=O)(=O)c2c(Cl)cccc2Cl)c1. The molecule has 0 saturated heterocycles. The van der Waals surface area contributed by atoms with E-state index in [2.05, 4.69) is 4.72 Å². The summed E-state index contributed by atoms with van der Waals surface area (Å²) in [5, 5.41) is 0.0109. The van der Waals surface area contributed by atoms with Gasteiger partial charge in [-0.3, -0.25) is 4.79 Å². The maximum absolute atomic E-state index is 12.2. The standard InChI is InChI=1S/C18H19Cl2NO5S/c1-13-4-2-5-14(12-13)25-10-11-26-17(22)8-9-21-27(23,24)18-15(19)6-3-7-16(18)20/h2-7,12,21H,8-11H2,1H3. The number of hydrogen-bond donors (Lipinski definition) is 1. The third kappa shape index (κ3) is 6.70. The second-order valence-corrected chi connectivity index (χ2v) is 8.10. The smallest absolute Gasteiger partial charge is 0.307 e. The van der Waals surface area contributed by atoms with E-state index in [0.717, 1.165) is 5.56 Å². The number of aryl methyl sites for hydroxylation is 1. The number of carbonyl (C=O) groups excluding carboxylic acids is 1. The second kappa shape index (κ2) is 9.94. The van der Waals surface area contributed by atoms with Crippen LogP contribution in [0.25, 0.3) is 0 Å². The monoisotopic (exact) mass is 431 g/mol. The first-order valence-electron chi connectivity index (χ1n) is 8.08. The summed E-state index contributed by atoms with van der Waals surface area (Å²) in [5.41, 5.74) is 1.07. The Morgan fingerprint density at radius 1 is 1.07 bits per heavy atom. The summed E-state index contributed by atoms with van der Waals surface area (Å²) < 4.78 is 37.3. The fourth-order valence-corrected chi connectivity index (χ4v) is 4.36. The number of nitrogens with one attached hydrogen (secondary N) is 1. The van der Waals surface area contributed by atoms with Crippen molar-refractivity contribution >= 4 is 39.2 Å². The van der Waals surface area contributed by atoms with Crippen LogP contribution in [0.5, 0.6) is 5.75 Å². The number of carbonyl (C=O) groups is 1. The lowest BCUT2D eigenvalue weighted by Crippen LogP contribution is -2.27. The minimum atomic E-state index is -3.93. The van der Waals surface area contributed by atoms with E-state index >= 15 is 0 Å². The fraction of sp³-hybridized carbons (Fsp3) is 0.278. The van der Waals surface area contributed by atoms with Crippen LogP contribution in [0, 0.1) is 6.92 Å². The molecular formula is C18H19Cl2NO5S. The Morgan fingerprint density at radius 2 is 1.74 bits per heavy atom. The molecule has 0 bridgehead atoms. The average Bonchev–Trinajstić information content (AvgIpc) is 2.58. The number of rotatable bonds is 9. The zero-order valence-electron chi connectivity index (χ0n) is 14.6. The van der Waals surface area contributed by atoms with Crippen molar-refractivity contribution < 1.29 is 22.7 Å². The van der Waals surface area contributed by atoms with Gasteiger partial charge >= 0.3 is 5.97 Å². The Labute approximate surface area is 168 Å². The molecule has 0 aliphatic rings. The van der Waals surface area contributed by atoms with Crippen LogP contribution in [0.2, 0.25) is 10.0 Å². The van der Waals surface area contributed by atoms with Crippen molar-refractivity contribution in [2.24, 2.45) is 0 Å². The van der Waals surface area contributed by atoms with Gasteiger partial charge < -0.3 is 9.47 Å². The molecule has 9 heteroatoms. The molecule has 0 aliphatic heterocycles. The maximum atomic E-state index is 12.2. The lowest BCUT2D eigenvalue weighted by Gasteiger charge is -2.10. The second-order valence-electron chi connectivity index (χ2n) is 5.58. The van der Waals surface area contributed by atoms with Gasteiger partial charge in [-0.05, 0) is 36.8 Å². The number of hydrogen-bond acceptors (Lipinski definition) is 5. The molecule has 2 aromatic rings. The molecule has 2 rings (SSSR count). The van der Waals surface area contributed by atoms with Gasteiger partial charge in [0.15, 0.2) is 0 Å². The van der Waals surface area contributed by atoms with Crippen LogP contribution in [0.15, 0.2) is 47.4 Å². The van der Waals surface area contributed by atoms with E-state index in [4.69, 9.17) is 32.7 Å². The van der Waals surface area contributed by atoms with Gasteiger partial charge in [0.2, 0.25) is 10.0 Å². The molecule has 0 fully saturated rings. The van der Waals surface area contributed by atoms with Gasteiger partial charge in [0.25, 0.3) is 0 Å². The van der Waals surface area contributed by atoms with E-state index in [0.29, 0.717) is 5.75 Å². The third-order valence-corrected chi connectivity index (χ3v) is 5.83. The molecule has 2 aromatic carbocycles. The summed E-state index contributed by atoms with van der Waals surface area (Å²) in [7, 11) is -3.93. The maximum Gasteiger partial charge on any atom is 0.307 e. The molecule has 27 heavy (non-hydrogen) atoms. The highest BCUT2D eigenvalue weighted by Gasteiger charge is 2.21. The molecule has 0 heterocycles. The molecule has 0 amide bonds. The van der Waals surface area contributed by atoms with Crippen LogP contribution in [0.1, 0.15) is 12.0 Å². The summed E-state index contributed by atoms with van der Waals surface area (Å²) in [5.74, 6) is 0.145. The van der Waals surface area contributed by atoms with Crippen molar-refractivity contribution in [2.45, 2.75) is 18.2 Å². The first-order chi connectivity index (χ1) is 12.8. The minimum Gasteiger partial charge on any atom is -0.490 e. The van der Waals surface area contributed by atoms with E-state index in [-0.39, 0.29) is 41.1 Å². The van der Waals surface area contributed by atoms with Gasteiger partial charge in [-0.25, -0.2) is 13.1 Å². The minimum absolute atomic E-state index is 0.00544. The highest BCUT2D eigenvalue weighted by Crippen LogP contribution is 2.28. The molecular weight excluding hydrogens is 413 g/mol. The van der Waals surface area contributed by atoms with Crippen LogP contribution >= 0.6 is 23.2 Å². The molecule has 0 aromatic heterocycles. The lowest BCUT2D eigenvalue weighted by atomic mass is 10.2. The van der Waals surface area contributed by atoms with Crippen molar-refractivity contribution in [1.29, 1.82) is 0 Å². The van der Waals surface area contributed by atoms with Crippen LogP contribution in [-0.2, 0) is 19.6 Å². The van der Waals surface area contributed by atoms with Gasteiger partial charge in [-0.1, -0.05) is 41.4 Å². The Balaban J connectivity index is 1.72. The van der Waals surface area contributed by atoms with Crippen LogP contribution in [0.3, 0.4) is 0 Å². The zero-order chi connectivity index (χ0) is 19.9. The Hall–Kier alpha value is -1.80. The largest absolute Gasteiger partial charge is 0.490 e. The van der Waals surface area contributed by atoms with Gasteiger partial charge in [-0.15, -0.1) is 0 Å². The number of sulfonamides is 1. The molecule has 6 nitrogen and oxygen atoms in total. The highest BCUT2D eigenvalue weighted by atomic mass is 35.5. The summed E-state index contributed by atoms with van der Waals surface area (Å²) >= 11 is 11.8. The van der Waals surface area contributed by atoms with E-state index in [1.807, 2.05) is 31.2 Å². The summed E-state index contributed by atoms with van der Waals surface area (Å²) in [4.78, 5) is 11.5. The fourth-order valence-electron chi connectivity index (χ4n) is 2.19. The zero-order valence-corrected chi connectivity index (χ0v) is 16.9. The number of benzene rings is 2. The predicted molar refractivity (Wildman–Crippen MR) is 104 cm³/mol. The molecule has 0 radical (unpaired) electrons. The van der Waals surface area contributed by atoms with E-state index < -0.39 is 16.0 Å². The molecule has 0 atom stereocenters. The normalized spacial score (nSPS) is 11.2. The van der Waals surface area contributed by atoms with Crippen molar-refractivity contribution in [3.63, 3.8) is 0 Å². The highest BCUT2D eigenvalue weighted by molar-refractivity contribution is 7.89. The first kappa shape index (κ1) is 21.5. The van der Waals surface area contributed by atoms with Gasteiger partial charge in [0, 0.05) is 6.54 Å². The van der Waals surface area contributed by atoms with E-state index in [1.54, 1.807) is 6.07 Å². The summed E-state index contributed by atoms with van der Waals surface area (Å²) in [6, 6.07) is 11.9. The molecule has 1 N–H and O–H groups in total. The Morgan fingerprint density at radius 3 is 2.41 bits per heavy atom. The third-order valence-electron chi connectivity index (χ3n) is 3.41. The van der Waals surface area contributed by atoms with Crippen LogP contribution in [-0.4, -0.2) is 34.1 Å². The van der Waals surface area contributed by atoms with Crippen molar-refractivity contribution in [2.75, 3.05) is 19.8 Å². The van der Waals surface area contributed by atoms with Crippen molar-refractivity contribution in [3.05, 3.63) is 58.1 Å². The van der Waals surface area contributed by atoms with Crippen molar-refractivity contribution in [3.8, 4) is 5.75 Å². The molecule has 0 unspecified atom stereocenters. The van der Waals surface area contributed by atoms with Gasteiger partial charge in [0.1, 0.15) is 23.9 Å². The number of ether oxygens (including phenoxy) is 2. The Kier molecular flexibility index (Phi) is 7.91. The van der Waals surface area contributed by atoms with Crippen LogP contribution in [0.4, 0.5) is 0 Å². The molecule has 146 valence electrons. The van der Waals surface area contributed by atoms with Gasteiger partial charge in [-0.2, -0.15) is 0 Å². The summed E-state index contributed by atoms with van der Waals surface area (Å²) in [6.45, 7) is 2.08. The molecule has 0 spiro atoms. The predicted octanol–water partition coefficient (Wildman–Crippen LogP) is 3.59. The quantitative estimate of drug-likeness (QED) is 0.484. The average molecular weight is 432 g/mol. The summed E-state index contributed by atoms with van der Waals surface area (Å²) in [6.07, 6.45) is -0.133. The topological polar surface area (TPSA) is 81.7 Å². The lowest BCUT2D eigenvalue weighted by molar-refractivity contribution is -0.144. The van der Waals surface area contributed by atoms with E-state index in [1.165, 1.54) is 12.1 Å². The van der Waals surface area contributed by atoms with Crippen molar-refractivity contribution in [1.82, 2.24) is 4.72 Å². The van der Waals surface area contributed by atoms with Crippen LogP contribution < -0.4 is 9.46 Å². The number of halogens is 2.